The van der Waals surface area contributed by atoms with Gasteiger partial charge in [0.25, 0.3) is 0 Å². The van der Waals surface area contributed by atoms with Gasteiger partial charge in [-0.05, 0) is 37.8 Å². The van der Waals surface area contributed by atoms with Crippen molar-refractivity contribution in [3.63, 3.8) is 0 Å². The molecule has 0 amide bonds. The van der Waals surface area contributed by atoms with Crippen molar-refractivity contribution in [1.82, 2.24) is 9.88 Å². The Balaban J connectivity index is 1.57. The number of rotatable bonds is 1. The average molecular weight is 253 g/mol. The van der Waals surface area contributed by atoms with E-state index in [9.17, 15) is 0 Å². The molecule has 3 saturated heterocycles. The summed E-state index contributed by atoms with van der Waals surface area (Å²) in [5.41, 5.74) is 2.53. The molecule has 0 N–H and O–H groups in total. The number of fused-ring (bicyclic) bond motifs is 3. The Labute approximate surface area is 114 Å². The molecule has 2 bridgehead atoms. The van der Waals surface area contributed by atoms with Crippen LogP contribution in [0.3, 0.4) is 0 Å². The summed E-state index contributed by atoms with van der Waals surface area (Å²) in [4.78, 5) is 9.46. The van der Waals surface area contributed by atoms with Crippen LogP contribution < -0.4 is 4.90 Å². The Hall–Kier alpha value is -1.53. The summed E-state index contributed by atoms with van der Waals surface area (Å²) in [5.74, 6) is 3.63. The summed E-state index contributed by atoms with van der Waals surface area (Å²) in [6.07, 6.45) is 13.3. The second-order valence-electron chi connectivity index (χ2n) is 6.28. The van der Waals surface area contributed by atoms with E-state index in [0.717, 1.165) is 24.6 Å². The minimum absolute atomic E-state index is 0.453. The number of terminal acetylenes is 1. The number of hydrogen-bond donors (Lipinski definition) is 0. The van der Waals surface area contributed by atoms with Gasteiger partial charge in [0.05, 0.1) is 11.9 Å². The molecule has 3 aliphatic heterocycles. The molecule has 1 aromatic heterocycles. The predicted octanol–water partition coefficient (Wildman–Crippen LogP) is 1.74. The van der Waals surface area contributed by atoms with Crippen LogP contribution in [0.1, 0.15) is 24.8 Å². The van der Waals surface area contributed by atoms with Crippen LogP contribution in [0.15, 0.2) is 18.5 Å². The van der Waals surface area contributed by atoms with Crippen LogP contribution in [0.5, 0.6) is 0 Å². The molecule has 1 spiro atoms. The van der Waals surface area contributed by atoms with Crippen molar-refractivity contribution in [3.05, 3.63) is 24.0 Å². The van der Waals surface area contributed by atoms with Crippen LogP contribution in [0, 0.1) is 18.3 Å². The number of nitrogens with zero attached hydrogens (tertiary/aromatic N) is 3. The van der Waals surface area contributed by atoms with E-state index >= 15 is 0 Å². The first-order valence-corrected chi connectivity index (χ1v) is 7.21. The van der Waals surface area contributed by atoms with Gasteiger partial charge in [0.1, 0.15) is 0 Å². The van der Waals surface area contributed by atoms with E-state index in [2.05, 4.69) is 26.8 Å². The van der Waals surface area contributed by atoms with E-state index in [-0.39, 0.29) is 0 Å². The molecule has 3 unspecified atom stereocenters. The minimum Gasteiger partial charge on any atom is -0.368 e. The number of anilines is 1. The van der Waals surface area contributed by atoms with E-state index < -0.39 is 0 Å². The molecule has 3 atom stereocenters. The minimum atomic E-state index is 0.453. The lowest BCUT2D eigenvalue weighted by molar-refractivity contribution is 0.155. The molecule has 4 heterocycles. The fraction of sp³-hybridized carbons (Fsp3) is 0.562. The maximum Gasteiger partial charge on any atom is 0.0565 e. The zero-order valence-electron chi connectivity index (χ0n) is 11.2. The van der Waals surface area contributed by atoms with Crippen LogP contribution in [0.25, 0.3) is 0 Å². The van der Waals surface area contributed by atoms with Gasteiger partial charge < -0.3 is 4.90 Å². The zero-order chi connectivity index (χ0) is 12.9. The summed E-state index contributed by atoms with van der Waals surface area (Å²) < 4.78 is 0. The highest BCUT2D eigenvalue weighted by Crippen LogP contribution is 2.46. The Kier molecular flexibility index (Phi) is 2.37. The Bertz CT molecular complexity index is 547. The summed E-state index contributed by atoms with van der Waals surface area (Å²) >= 11 is 0. The normalized spacial score (nSPS) is 36.1. The van der Waals surface area contributed by atoms with Gasteiger partial charge in [-0.25, -0.2) is 0 Å². The number of hydrogen-bond acceptors (Lipinski definition) is 3. The van der Waals surface area contributed by atoms with Crippen molar-refractivity contribution in [1.29, 1.82) is 0 Å². The summed E-state index contributed by atoms with van der Waals surface area (Å²) in [7, 11) is 0. The SMILES string of the molecule is C#Cc1cncc(N2CCC3(CC4CCN3C4)C2)c1. The van der Waals surface area contributed by atoms with Crippen molar-refractivity contribution in [3.8, 4) is 12.3 Å². The lowest BCUT2D eigenvalue weighted by atomic mass is 9.87. The Morgan fingerprint density at radius 1 is 1.37 bits per heavy atom. The molecule has 0 aromatic carbocycles. The fourth-order valence-electron chi connectivity index (χ4n) is 4.28. The molecular weight excluding hydrogens is 234 g/mol. The fourth-order valence-corrected chi connectivity index (χ4v) is 4.28. The maximum atomic E-state index is 5.47. The third kappa shape index (κ3) is 1.67. The highest BCUT2D eigenvalue weighted by Gasteiger charge is 2.52. The van der Waals surface area contributed by atoms with Crippen LogP contribution in [0.2, 0.25) is 0 Å². The summed E-state index contributed by atoms with van der Waals surface area (Å²) in [5, 5.41) is 0. The second-order valence-corrected chi connectivity index (χ2v) is 6.28. The largest absolute Gasteiger partial charge is 0.368 e. The monoisotopic (exact) mass is 253 g/mol. The van der Waals surface area contributed by atoms with Gasteiger partial charge in [0.15, 0.2) is 0 Å². The van der Waals surface area contributed by atoms with Crippen LogP contribution in [0.4, 0.5) is 5.69 Å². The molecule has 4 rings (SSSR count). The molecule has 3 aliphatic rings. The van der Waals surface area contributed by atoms with Gasteiger partial charge in [-0.1, -0.05) is 5.92 Å². The van der Waals surface area contributed by atoms with Gasteiger partial charge in [0.2, 0.25) is 0 Å². The van der Waals surface area contributed by atoms with Crippen LogP contribution in [-0.2, 0) is 0 Å². The van der Waals surface area contributed by atoms with Crippen molar-refractivity contribution >= 4 is 5.69 Å². The molecule has 3 heteroatoms. The molecule has 98 valence electrons. The van der Waals surface area contributed by atoms with Gasteiger partial charge in [-0.2, -0.15) is 0 Å². The van der Waals surface area contributed by atoms with E-state index in [0.29, 0.717) is 5.54 Å². The van der Waals surface area contributed by atoms with E-state index in [1.54, 1.807) is 6.20 Å². The maximum absolute atomic E-state index is 5.47. The lowest BCUT2D eigenvalue weighted by Gasteiger charge is -2.36. The highest BCUT2D eigenvalue weighted by molar-refractivity contribution is 5.51. The topological polar surface area (TPSA) is 19.4 Å². The quantitative estimate of drug-likeness (QED) is 0.711. The summed E-state index contributed by atoms with van der Waals surface area (Å²) in [6, 6.07) is 2.09. The molecular formula is C16H19N3. The van der Waals surface area contributed by atoms with Crippen molar-refractivity contribution in [2.75, 3.05) is 31.1 Å². The number of aromatic nitrogens is 1. The summed E-state index contributed by atoms with van der Waals surface area (Å²) in [6.45, 7) is 4.93. The Morgan fingerprint density at radius 2 is 2.32 bits per heavy atom. The number of pyridine rings is 1. The van der Waals surface area contributed by atoms with Gasteiger partial charge in [-0.15, -0.1) is 6.42 Å². The molecule has 3 fully saturated rings. The molecule has 19 heavy (non-hydrogen) atoms. The van der Waals surface area contributed by atoms with Crippen molar-refractivity contribution in [2.24, 2.45) is 5.92 Å². The molecule has 0 saturated carbocycles. The molecule has 0 radical (unpaired) electrons. The third-order valence-electron chi connectivity index (χ3n) is 5.21. The predicted molar refractivity (Wildman–Crippen MR) is 76.0 cm³/mol. The van der Waals surface area contributed by atoms with Gasteiger partial charge in [-0.3, -0.25) is 9.88 Å². The second kappa shape index (κ2) is 3.98. The molecule has 1 aromatic rings. The molecule has 0 aliphatic carbocycles. The lowest BCUT2D eigenvalue weighted by Crippen LogP contribution is -2.46. The van der Waals surface area contributed by atoms with E-state index in [4.69, 9.17) is 6.42 Å². The van der Waals surface area contributed by atoms with Gasteiger partial charge >= 0.3 is 0 Å². The molecule has 3 nitrogen and oxygen atoms in total. The number of piperidine rings is 1. The smallest absolute Gasteiger partial charge is 0.0565 e. The van der Waals surface area contributed by atoms with E-state index in [1.807, 2.05) is 6.20 Å². The van der Waals surface area contributed by atoms with Crippen LogP contribution >= 0.6 is 0 Å². The Morgan fingerprint density at radius 3 is 3.05 bits per heavy atom. The van der Waals surface area contributed by atoms with Crippen molar-refractivity contribution in [2.45, 2.75) is 24.8 Å². The standard InChI is InChI=1S/C16H19N3/c1-2-13-7-15(10-17-9-13)18-6-4-16(12-18)8-14-3-5-19(16)11-14/h1,7,9-10,14H,3-6,8,11-12H2. The first kappa shape index (κ1) is 11.3. The highest BCUT2D eigenvalue weighted by atomic mass is 15.3. The van der Waals surface area contributed by atoms with Gasteiger partial charge in [0, 0.05) is 36.9 Å². The van der Waals surface area contributed by atoms with Crippen LogP contribution in [-0.4, -0.2) is 41.6 Å². The first-order valence-electron chi connectivity index (χ1n) is 7.21. The van der Waals surface area contributed by atoms with E-state index in [1.165, 1.54) is 38.0 Å². The third-order valence-corrected chi connectivity index (χ3v) is 5.21. The van der Waals surface area contributed by atoms with Crippen molar-refractivity contribution < 1.29 is 0 Å². The zero-order valence-corrected chi connectivity index (χ0v) is 11.2. The average Bonchev–Trinajstić information content (AvgIpc) is 3.15. The first-order chi connectivity index (χ1) is 9.29.